The lowest BCUT2D eigenvalue weighted by Crippen LogP contribution is -2.54. The molecular weight excluding hydrogens is 348 g/mol. The van der Waals surface area contributed by atoms with Crippen molar-refractivity contribution in [2.75, 3.05) is 23.4 Å². The number of hydrogen-bond donors (Lipinski definition) is 1. The molecule has 0 unspecified atom stereocenters. The van der Waals surface area contributed by atoms with Crippen LogP contribution in [0.2, 0.25) is 4.34 Å². The van der Waals surface area contributed by atoms with E-state index in [4.69, 9.17) is 16.3 Å². The van der Waals surface area contributed by atoms with Crippen molar-refractivity contribution in [1.82, 2.24) is 0 Å². The summed E-state index contributed by atoms with van der Waals surface area (Å²) in [6.45, 7) is 4.08. The van der Waals surface area contributed by atoms with Gasteiger partial charge in [-0.05, 0) is 38.1 Å². The van der Waals surface area contributed by atoms with Crippen molar-refractivity contribution < 1.29 is 14.3 Å². The first-order chi connectivity index (χ1) is 11.4. The number of nitrogens with one attached hydrogen (secondary N) is 1. The summed E-state index contributed by atoms with van der Waals surface area (Å²) in [5.74, 6) is -0.488. The van der Waals surface area contributed by atoms with Gasteiger partial charge in [-0.2, -0.15) is 0 Å². The smallest absolute Gasteiger partial charge is 0.348 e. The van der Waals surface area contributed by atoms with Gasteiger partial charge in [-0.25, -0.2) is 4.79 Å². The third-order valence-electron chi connectivity index (χ3n) is 3.74. The van der Waals surface area contributed by atoms with E-state index in [0.29, 0.717) is 15.8 Å². The van der Waals surface area contributed by atoms with Gasteiger partial charge in [0.25, 0.3) is 5.91 Å². The molecule has 1 aromatic carbocycles. The molecule has 3 rings (SSSR count). The SMILES string of the molecule is CC1(C)Nc2ccccc2N(CCOC(=O)c2ccc(Cl)s2)C1=O. The Kier molecular flexibility index (Phi) is 4.51. The van der Waals surface area contributed by atoms with E-state index in [-0.39, 0.29) is 12.5 Å². The molecule has 0 atom stereocenters. The van der Waals surface area contributed by atoms with Gasteiger partial charge in [0.1, 0.15) is 17.0 Å². The van der Waals surface area contributed by atoms with E-state index in [0.717, 1.165) is 11.4 Å². The Balaban J connectivity index is 1.70. The summed E-state index contributed by atoms with van der Waals surface area (Å²) in [7, 11) is 0. The van der Waals surface area contributed by atoms with Crippen molar-refractivity contribution in [2.45, 2.75) is 19.4 Å². The first-order valence-electron chi connectivity index (χ1n) is 7.50. The molecule has 0 spiro atoms. The normalized spacial score (nSPS) is 15.6. The predicted molar refractivity (Wildman–Crippen MR) is 96.1 cm³/mol. The van der Waals surface area contributed by atoms with Gasteiger partial charge in [0.05, 0.1) is 22.3 Å². The lowest BCUT2D eigenvalue weighted by Gasteiger charge is -2.39. The zero-order valence-electron chi connectivity index (χ0n) is 13.3. The minimum Gasteiger partial charge on any atom is -0.460 e. The topological polar surface area (TPSA) is 58.6 Å². The molecule has 126 valence electrons. The number of thiophene rings is 1. The van der Waals surface area contributed by atoms with Crippen LogP contribution in [0.15, 0.2) is 36.4 Å². The standard InChI is InChI=1S/C17H17ClN2O3S/c1-17(2)16(22)20(12-6-4-3-5-11(12)19-17)9-10-23-15(21)13-7-8-14(18)24-13/h3-8,19H,9-10H2,1-2H3. The molecule has 1 aliphatic rings. The molecule has 0 saturated heterocycles. The van der Waals surface area contributed by atoms with Gasteiger partial charge in [0.2, 0.25) is 0 Å². The van der Waals surface area contributed by atoms with E-state index < -0.39 is 11.5 Å². The second-order valence-electron chi connectivity index (χ2n) is 5.96. The quantitative estimate of drug-likeness (QED) is 0.838. The Labute approximate surface area is 149 Å². The summed E-state index contributed by atoms with van der Waals surface area (Å²) in [5.41, 5.74) is 0.968. The van der Waals surface area contributed by atoms with Crippen molar-refractivity contribution in [3.63, 3.8) is 0 Å². The molecule has 0 radical (unpaired) electrons. The Morgan fingerprint density at radius 3 is 2.75 bits per heavy atom. The molecule has 1 aromatic heterocycles. The summed E-state index contributed by atoms with van der Waals surface area (Å²) in [6, 6.07) is 10.9. The van der Waals surface area contributed by atoms with Crippen LogP contribution in [0.4, 0.5) is 11.4 Å². The first-order valence-corrected chi connectivity index (χ1v) is 8.69. The zero-order valence-corrected chi connectivity index (χ0v) is 14.9. The Morgan fingerprint density at radius 1 is 1.29 bits per heavy atom. The number of fused-ring (bicyclic) bond motifs is 1. The predicted octanol–water partition coefficient (Wildman–Crippen LogP) is 3.80. The second-order valence-corrected chi connectivity index (χ2v) is 7.68. The van der Waals surface area contributed by atoms with E-state index in [1.807, 2.05) is 38.1 Å². The highest BCUT2D eigenvalue weighted by molar-refractivity contribution is 7.17. The maximum absolute atomic E-state index is 12.7. The summed E-state index contributed by atoms with van der Waals surface area (Å²) < 4.78 is 5.81. The minimum atomic E-state index is -0.709. The van der Waals surface area contributed by atoms with Crippen LogP contribution >= 0.6 is 22.9 Å². The number of benzene rings is 1. The maximum atomic E-state index is 12.7. The van der Waals surface area contributed by atoms with Crippen molar-refractivity contribution in [1.29, 1.82) is 0 Å². The molecule has 1 amide bonds. The summed E-state index contributed by atoms with van der Waals surface area (Å²) in [6.07, 6.45) is 0. The van der Waals surface area contributed by atoms with Gasteiger partial charge in [-0.15, -0.1) is 11.3 Å². The van der Waals surface area contributed by atoms with Crippen LogP contribution in [0.5, 0.6) is 0 Å². The molecule has 0 bridgehead atoms. The molecule has 0 saturated carbocycles. The summed E-state index contributed by atoms with van der Waals surface area (Å²) in [5, 5.41) is 3.23. The van der Waals surface area contributed by atoms with E-state index in [1.54, 1.807) is 17.0 Å². The Bertz CT molecular complexity index is 788. The molecule has 1 aliphatic heterocycles. The van der Waals surface area contributed by atoms with Crippen LogP contribution < -0.4 is 10.2 Å². The van der Waals surface area contributed by atoms with Crippen LogP contribution in [-0.4, -0.2) is 30.6 Å². The number of para-hydroxylation sites is 2. The molecular formula is C17H17ClN2O3S. The molecule has 7 heteroatoms. The fourth-order valence-electron chi connectivity index (χ4n) is 2.60. The molecule has 2 heterocycles. The fourth-order valence-corrected chi connectivity index (χ4v) is 3.54. The Hall–Kier alpha value is -2.05. The van der Waals surface area contributed by atoms with Crippen LogP contribution in [0.3, 0.4) is 0 Å². The third-order valence-corrected chi connectivity index (χ3v) is 4.96. The van der Waals surface area contributed by atoms with Gasteiger partial charge in [0.15, 0.2) is 0 Å². The number of hydrogen-bond acceptors (Lipinski definition) is 5. The Morgan fingerprint density at radius 2 is 2.04 bits per heavy atom. The van der Waals surface area contributed by atoms with Crippen LogP contribution in [0, 0.1) is 0 Å². The van der Waals surface area contributed by atoms with Crippen molar-refractivity contribution in [3.8, 4) is 0 Å². The number of rotatable bonds is 4. The lowest BCUT2D eigenvalue weighted by molar-refractivity contribution is -0.122. The largest absolute Gasteiger partial charge is 0.460 e. The number of ether oxygens (including phenoxy) is 1. The highest BCUT2D eigenvalue weighted by Crippen LogP contribution is 2.34. The average molecular weight is 365 g/mol. The summed E-state index contributed by atoms with van der Waals surface area (Å²) >= 11 is 6.99. The van der Waals surface area contributed by atoms with Crippen molar-refractivity contribution in [3.05, 3.63) is 45.6 Å². The van der Waals surface area contributed by atoms with E-state index in [9.17, 15) is 9.59 Å². The van der Waals surface area contributed by atoms with E-state index in [2.05, 4.69) is 5.32 Å². The average Bonchev–Trinajstić information content (AvgIpc) is 2.97. The van der Waals surface area contributed by atoms with E-state index >= 15 is 0 Å². The molecule has 2 aromatic rings. The third kappa shape index (κ3) is 3.25. The molecule has 5 nitrogen and oxygen atoms in total. The number of carbonyl (C=O) groups is 2. The molecule has 0 fully saturated rings. The minimum absolute atomic E-state index is 0.0589. The van der Waals surface area contributed by atoms with Crippen molar-refractivity contribution >= 4 is 46.2 Å². The maximum Gasteiger partial charge on any atom is 0.348 e. The van der Waals surface area contributed by atoms with Crippen molar-refractivity contribution in [2.24, 2.45) is 0 Å². The van der Waals surface area contributed by atoms with Gasteiger partial charge in [-0.3, -0.25) is 4.79 Å². The summed E-state index contributed by atoms with van der Waals surface area (Å²) in [4.78, 5) is 26.7. The highest BCUT2D eigenvalue weighted by atomic mass is 35.5. The first kappa shape index (κ1) is 16.8. The number of amides is 1. The molecule has 1 N–H and O–H groups in total. The van der Waals surface area contributed by atoms with Crippen LogP contribution in [0.1, 0.15) is 23.5 Å². The number of carbonyl (C=O) groups excluding carboxylic acids is 2. The van der Waals surface area contributed by atoms with Crippen LogP contribution in [-0.2, 0) is 9.53 Å². The second kappa shape index (κ2) is 6.45. The number of nitrogens with zero attached hydrogens (tertiary/aromatic N) is 1. The number of anilines is 2. The van der Waals surface area contributed by atoms with E-state index in [1.165, 1.54) is 11.3 Å². The number of halogens is 1. The monoisotopic (exact) mass is 364 g/mol. The highest BCUT2D eigenvalue weighted by Gasteiger charge is 2.38. The van der Waals surface area contributed by atoms with Gasteiger partial charge in [0, 0.05) is 0 Å². The molecule has 0 aliphatic carbocycles. The number of esters is 1. The van der Waals surface area contributed by atoms with Crippen LogP contribution in [0.25, 0.3) is 0 Å². The van der Waals surface area contributed by atoms with Gasteiger partial charge in [-0.1, -0.05) is 23.7 Å². The zero-order chi connectivity index (χ0) is 17.3. The lowest BCUT2D eigenvalue weighted by atomic mass is 9.98. The van der Waals surface area contributed by atoms with Gasteiger partial charge >= 0.3 is 5.97 Å². The fraction of sp³-hybridized carbons (Fsp3) is 0.294. The molecule has 24 heavy (non-hydrogen) atoms. The van der Waals surface area contributed by atoms with Gasteiger partial charge < -0.3 is 15.0 Å².